The van der Waals surface area contributed by atoms with Crippen molar-refractivity contribution in [3.05, 3.63) is 29.8 Å². The van der Waals surface area contributed by atoms with Gasteiger partial charge in [0.25, 0.3) is 0 Å². The van der Waals surface area contributed by atoms with Crippen LogP contribution < -0.4 is 10.6 Å². The molecule has 0 atom stereocenters. The van der Waals surface area contributed by atoms with Gasteiger partial charge in [0.05, 0.1) is 13.1 Å². The van der Waals surface area contributed by atoms with Crippen LogP contribution in [0.25, 0.3) is 0 Å². The fourth-order valence-electron chi connectivity index (χ4n) is 1.99. The van der Waals surface area contributed by atoms with E-state index < -0.39 is 0 Å². The highest BCUT2D eigenvalue weighted by Crippen LogP contribution is 2.17. The summed E-state index contributed by atoms with van der Waals surface area (Å²) >= 11 is 1.72. The van der Waals surface area contributed by atoms with Crippen LogP contribution in [0.3, 0.4) is 0 Å². The summed E-state index contributed by atoms with van der Waals surface area (Å²) in [5.41, 5.74) is 1.24. The molecule has 5 nitrogen and oxygen atoms in total. The number of rotatable bonds is 10. The summed E-state index contributed by atoms with van der Waals surface area (Å²) in [6.45, 7) is 8.30. The Morgan fingerprint density at radius 3 is 2.22 bits per heavy atom. The molecule has 23 heavy (non-hydrogen) atoms. The number of carbonyl (C=O) groups is 2. The number of amides is 2. The standard InChI is InChI=1S/C17H27N3O2S/c1-4-18-16(21)12-20(5-2)13-17(22)19-10-11-23-15-8-6-14(3)7-9-15/h6-9H,4-5,10-13H2,1-3H3,(H,18,21)(H,19,22). The Hall–Kier alpha value is -1.53. The summed E-state index contributed by atoms with van der Waals surface area (Å²) in [6.07, 6.45) is 0. The van der Waals surface area contributed by atoms with Gasteiger partial charge in [0.15, 0.2) is 0 Å². The molecule has 0 fully saturated rings. The first-order valence-corrected chi connectivity index (χ1v) is 8.99. The maximum atomic E-state index is 11.9. The van der Waals surface area contributed by atoms with Crippen molar-refractivity contribution in [3.8, 4) is 0 Å². The molecule has 0 saturated heterocycles. The largest absolute Gasteiger partial charge is 0.355 e. The van der Waals surface area contributed by atoms with Crippen molar-refractivity contribution in [2.45, 2.75) is 25.7 Å². The van der Waals surface area contributed by atoms with E-state index in [1.807, 2.05) is 18.7 Å². The minimum atomic E-state index is -0.0444. The molecule has 128 valence electrons. The first-order chi connectivity index (χ1) is 11.0. The van der Waals surface area contributed by atoms with Crippen LogP contribution in [0.4, 0.5) is 0 Å². The molecule has 1 rings (SSSR count). The Kier molecular flexibility index (Phi) is 9.40. The second-order valence-electron chi connectivity index (χ2n) is 5.27. The lowest BCUT2D eigenvalue weighted by Crippen LogP contribution is -2.43. The van der Waals surface area contributed by atoms with Crippen molar-refractivity contribution < 1.29 is 9.59 Å². The highest BCUT2D eigenvalue weighted by Gasteiger charge is 2.12. The molecule has 6 heteroatoms. The van der Waals surface area contributed by atoms with E-state index in [0.29, 0.717) is 19.6 Å². The quantitative estimate of drug-likeness (QED) is 0.503. The first-order valence-electron chi connectivity index (χ1n) is 8.00. The molecule has 1 aromatic carbocycles. The van der Waals surface area contributed by atoms with Crippen molar-refractivity contribution in [3.63, 3.8) is 0 Å². The van der Waals surface area contributed by atoms with E-state index in [-0.39, 0.29) is 24.9 Å². The van der Waals surface area contributed by atoms with Gasteiger partial charge in [-0.05, 0) is 32.5 Å². The Bertz CT molecular complexity index is 491. The lowest BCUT2D eigenvalue weighted by molar-refractivity contribution is -0.124. The van der Waals surface area contributed by atoms with E-state index >= 15 is 0 Å². The second kappa shape index (κ2) is 11.1. The van der Waals surface area contributed by atoms with E-state index in [0.717, 1.165) is 5.75 Å². The zero-order chi connectivity index (χ0) is 17.1. The number of hydrogen-bond acceptors (Lipinski definition) is 4. The van der Waals surface area contributed by atoms with E-state index in [1.54, 1.807) is 11.8 Å². The van der Waals surface area contributed by atoms with Gasteiger partial charge >= 0.3 is 0 Å². The SMILES string of the molecule is CCNC(=O)CN(CC)CC(=O)NCCSc1ccc(C)cc1. The van der Waals surface area contributed by atoms with Crippen molar-refractivity contribution in [1.29, 1.82) is 0 Å². The minimum Gasteiger partial charge on any atom is -0.355 e. The van der Waals surface area contributed by atoms with Gasteiger partial charge in [0, 0.05) is 23.7 Å². The summed E-state index contributed by atoms with van der Waals surface area (Å²) in [4.78, 5) is 26.5. The summed E-state index contributed by atoms with van der Waals surface area (Å²) in [5.74, 6) is 0.745. The molecular weight excluding hydrogens is 310 g/mol. The predicted octanol–water partition coefficient (Wildman–Crippen LogP) is 1.66. The zero-order valence-corrected chi connectivity index (χ0v) is 15.0. The molecule has 0 saturated carbocycles. The normalized spacial score (nSPS) is 10.6. The molecular formula is C17H27N3O2S. The maximum Gasteiger partial charge on any atom is 0.234 e. The van der Waals surface area contributed by atoms with E-state index in [1.165, 1.54) is 10.5 Å². The molecule has 0 aliphatic heterocycles. The molecule has 2 amide bonds. The lowest BCUT2D eigenvalue weighted by Gasteiger charge is -2.19. The van der Waals surface area contributed by atoms with Gasteiger partial charge in [-0.1, -0.05) is 24.6 Å². The van der Waals surface area contributed by atoms with Crippen LogP contribution in [0.5, 0.6) is 0 Å². The van der Waals surface area contributed by atoms with Crippen LogP contribution in [0, 0.1) is 6.92 Å². The topological polar surface area (TPSA) is 61.4 Å². The molecule has 0 aliphatic rings. The molecule has 0 unspecified atom stereocenters. The summed E-state index contributed by atoms with van der Waals surface area (Å²) < 4.78 is 0. The lowest BCUT2D eigenvalue weighted by atomic mass is 10.2. The van der Waals surface area contributed by atoms with Gasteiger partial charge in [-0.15, -0.1) is 11.8 Å². The van der Waals surface area contributed by atoms with Gasteiger partial charge in [-0.25, -0.2) is 0 Å². The molecule has 1 aromatic rings. The Morgan fingerprint density at radius 2 is 1.65 bits per heavy atom. The zero-order valence-electron chi connectivity index (χ0n) is 14.2. The average molecular weight is 337 g/mol. The van der Waals surface area contributed by atoms with Crippen LogP contribution in [0.1, 0.15) is 19.4 Å². The smallest absolute Gasteiger partial charge is 0.234 e. The van der Waals surface area contributed by atoms with Crippen LogP contribution in [-0.2, 0) is 9.59 Å². The van der Waals surface area contributed by atoms with Crippen molar-refractivity contribution in [2.75, 3.05) is 38.5 Å². The highest BCUT2D eigenvalue weighted by molar-refractivity contribution is 7.99. The number of thioether (sulfide) groups is 1. The monoisotopic (exact) mass is 337 g/mol. The van der Waals surface area contributed by atoms with Crippen LogP contribution in [0.15, 0.2) is 29.2 Å². The fourth-order valence-corrected chi connectivity index (χ4v) is 2.76. The van der Waals surface area contributed by atoms with Crippen molar-refractivity contribution in [2.24, 2.45) is 0 Å². The van der Waals surface area contributed by atoms with Gasteiger partial charge in [-0.2, -0.15) is 0 Å². The molecule has 0 spiro atoms. The Morgan fingerprint density at radius 1 is 1.04 bits per heavy atom. The number of hydrogen-bond donors (Lipinski definition) is 2. The van der Waals surface area contributed by atoms with Gasteiger partial charge in [0.1, 0.15) is 0 Å². The number of likely N-dealkylation sites (N-methyl/N-ethyl adjacent to an activating group) is 2. The molecule has 0 bridgehead atoms. The van der Waals surface area contributed by atoms with Crippen LogP contribution >= 0.6 is 11.8 Å². The third-order valence-electron chi connectivity index (χ3n) is 3.27. The highest BCUT2D eigenvalue weighted by atomic mass is 32.2. The second-order valence-corrected chi connectivity index (χ2v) is 6.44. The Labute approximate surface area is 143 Å². The Balaban J connectivity index is 2.22. The van der Waals surface area contributed by atoms with E-state index in [9.17, 15) is 9.59 Å². The first kappa shape index (κ1) is 19.5. The molecule has 0 radical (unpaired) electrons. The van der Waals surface area contributed by atoms with Crippen molar-refractivity contribution >= 4 is 23.6 Å². The summed E-state index contributed by atoms with van der Waals surface area (Å²) in [5, 5.41) is 5.64. The molecule has 0 heterocycles. The number of aryl methyl sites for hydroxylation is 1. The third-order valence-corrected chi connectivity index (χ3v) is 4.28. The maximum absolute atomic E-state index is 11.9. The molecule has 0 aromatic heterocycles. The van der Waals surface area contributed by atoms with Gasteiger partial charge < -0.3 is 10.6 Å². The van der Waals surface area contributed by atoms with Gasteiger partial charge in [-0.3, -0.25) is 14.5 Å². The van der Waals surface area contributed by atoms with E-state index in [2.05, 4.69) is 41.8 Å². The molecule has 2 N–H and O–H groups in total. The number of carbonyl (C=O) groups excluding carboxylic acids is 2. The average Bonchev–Trinajstić information content (AvgIpc) is 2.53. The van der Waals surface area contributed by atoms with Crippen LogP contribution in [-0.4, -0.2) is 55.2 Å². The third kappa shape index (κ3) is 8.62. The predicted molar refractivity (Wildman–Crippen MR) is 95.7 cm³/mol. The number of benzene rings is 1. The van der Waals surface area contributed by atoms with Crippen LogP contribution in [0.2, 0.25) is 0 Å². The van der Waals surface area contributed by atoms with Gasteiger partial charge in [0.2, 0.25) is 11.8 Å². The van der Waals surface area contributed by atoms with Crippen molar-refractivity contribution in [1.82, 2.24) is 15.5 Å². The summed E-state index contributed by atoms with van der Waals surface area (Å²) in [7, 11) is 0. The summed E-state index contributed by atoms with van der Waals surface area (Å²) in [6, 6.07) is 8.35. The number of nitrogens with zero attached hydrogens (tertiary/aromatic N) is 1. The molecule has 0 aliphatic carbocycles. The number of nitrogens with one attached hydrogen (secondary N) is 2. The fraction of sp³-hybridized carbons (Fsp3) is 0.529. The van der Waals surface area contributed by atoms with E-state index in [4.69, 9.17) is 0 Å². The minimum absolute atomic E-state index is 0.0411.